The summed E-state index contributed by atoms with van der Waals surface area (Å²) in [6.07, 6.45) is 2.08. The summed E-state index contributed by atoms with van der Waals surface area (Å²) in [7, 11) is 0. The van der Waals surface area contributed by atoms with E-state index in [0.29, 0.717) is 5.92 Å². The maximum atomic E-state index is 13.1. The summed E-state index contributed by atoms with van der Waals surface area (Å²) in [6, 6.07) is 7.04. The van der Waals surface area contributed by atoms with Crippen LogP contribution in [0.25, 0.3) is 0 Å². The zero-order chi connectivity index (χ0) is 15.1. The van der Waals surface area contributed by atoms with Gasteiger partial charge in [-0.15, -0.1) is 0 Å². The van der Waals surface area contributed by atoms with Crippen molar-refractivity contribution in [2.45, 2.75) is 52.6 Å². The number of nitrogens with two attached hydrogens (primary N) is 1. The monoisotopic (exact) mass is 280 g/mol. The van der Waals surface area contributed by atoms with Gasteiger partial charge in [0.25, 0.3) is 0 Å². The lowest BCUT2D eigenvalue weighted by atomic mass is 9.95. The Labute approximate surface area is 123 Å². The molecule has 3 heteroatoms. The molecule has 0 aliphatic carbocycles. The van der Waals surface area contributed by atoms with Crippen LogP contribution in [0.15, 0.2) is 24.3 Å². The molecule has 2 N–H and O–H groups in total. The summed E-state index contributed by atoms with van der Waals surface area (Å²) in [4.78, 5) is 2.43. The average Bonchev–Trinajstić information content (AvgIpc) is 2.47. The first-order valence-electron chi connectivity index (χ1n) is 7.78. The van der Waals surface area contributed by atoms with Gasteiger partial charge in [-0.3, -0.25) is 4.90 Å². The zero-order valence-corrected chi connectivity index (χ0v) is 13.3. The van der Waals surface area contributed by atoms with E-state index in [1.807, 2.05) is 12.1 Å². The van der Waals surface area contributed by atoms with Crippen LogP contribution in [-0.4, -0.2) is 24.0 Å². The second kappa shape index (κ2) is 8.38. The smallest absolute Gasteiger partial charge is 0.123 e. The van der Waals surface area contributed by atoms with Crippen LogP contribution in [0.1, 0.15) is 52.1 Å². The third-order valence-corrected chi connectivity index (χ3v) is 4.13. The number of likely N-dealkylation sites (N-methyl/N-ethyl adjacent to an activating group) is 1. The van der Waals surface area contributed by atoms with E-state index in [9.17, 15) is 4.39 Å². The molecule has 2 nitrogen and oxygen atoms in total. The molecule has 0 heterocycles. The summed E-state index contributed by atoms with van der Waals surface area (Å²) in [5, 5.41) is 0. The quantitative estimate of drug-likeness (QED) is 0.780. The van der Waals surface area contributed by atoms with Crippen molar-refractivity contribution in [2.24, 2.45) is 11.7 Å². The Morgan fingerprint density at radius 2 is 1.70 bits per heavy atom. The van der Waals surface area contributed by atoms with Crippen LogP contribution in [0.5, 0.6) is 0 Å². The predicted molar refractivity (Wildman–Crippen MR) is 84.1 cm³/mol. The highest BCUT2D eigenvalue weighted by Crippen LogP contribution is 2.26. The Kier molecular flexibility index (Phi) is 7.17. The second-order valence-corrected chi connectivity index (χ2v) is 5.67. The largest absolute Gasteiger partial charge is 0.326 e. The minimum atomic E-state index is -0.192. The highest BCUT2D eigenvalue weighted by Gasteiger charge is 2.25. The molecule has 0 saturated carbocycles. The topological polar surface area (TPSA) is 29.3 Å². The van der Waals surface area contributed by atoms with Crippen molar-refractivity contribution in [1.29, 1.82) is 0 Å². The number of hydrogen-bond donors (Lipinski definition) is 1. The first kappa shape index (κ1) is 17.1. The molecule has 114 valence electrons. The van der Waals surface area contributed by atoms with Gasteiger partial charge in [0.15, 0.2) is 0 Å². The molecule has 0 bridgehead atoms. The Morgan fingerprint density at radius 3 is 2.15 bits per heavy atom. The average molecular weight is 280 g/mol. The Hall–Kier alpha value is -0.930. The molecule has 0 aliphatic rings. The molecule has 1 aromatic carbocycles. The molecule has 0 aliphatic heterocycles. The van der Waals surface area contributed by atoms with Crippen molar-refractivity contribution in [3.8, 4) is 0 Å². The molecular weight excluding hydrogens is 251 g/mol. The van der Waals surface area contributed by atoms with Gasteiger partial charge in [-0.05, 0) is 36.6 Å². The number of halogens is 1. The molecule has 0 radical (unpaired) electrons. The Morgan fingerprint density at radius 1 is 1.10 bits per heavy atom. The van der Waals surface area contributed by atoms with Crippen LogP contribution >= 0.6 is 0 Å². The van der Waals surface area contributed by atoms with E-state index < -0.39 is 0 Å². The number of nitrogens with zero attached hydrogens (tertiary/aromatic N) is 1. The van der Waals surface area contributed by atoms with E-state index in [0.717, 1.165) is 31.5 Å². The summed E-state index contributed by atoms with van der Waals surface area (Å²) in [5.74, 6) is 0.449. The van der Waals surface area contributed by atoms with Gasteiger partial charge in [-0.1, -0.05) is 46.2 Å². The highest BCUT2D eigenvalue weighted by molar-refractivity contribution is 5.21. The Balaban J connectivity index is 3.00. The number of benzene rings is 1. The van der Waals surface area contributed by atoms with Crippen LogP contribution in [0.2, 0.25) is 0 Å². The molecule has 0 aromatic heterocycles. The van der Waals surface area contributed by atoms with E-state index in [-0.39, 0.29) is 17.9 Å². The molecular formula is C17H29FN2. The summed E-state index contributed by atoms with van der Waals surface area (Å²) < 4.78 is 13.1. The van der Waals surface area contributed by atoms with Gasteiger partial charge in [0.1, 0.15) is 5.82 Å². The summed E-state index contributed by atoms with van der Waals surface area (Å²) >= 11 is 0. The van der Waals surface area contributed by atoms with Crippen molar-refractivity contribution >= 4 is 0 Å². The van der Waals surface area contributed by atoms with Crippen LogP contribution in [0.4, 0.5) is 4.39 Å². The number of rotatable bonds is 8. The molecule has 3 atom stereocenters. The zero-order valence-electron chi connectivity index (χ0n) is 13.3. The molecule has 0 spiro atoms. The van der Waals surface area contributed by atoms with Gasteiger partial charge in [0.2, 0.25) is 0 Å². The number of hydrogen-bond acceptors (Lipinski definition) is 2. The minimum absolute atomic E-state index is 0.0736. The van der Waals surface area contributed by atoms with Gasteiger partial charge >= 0.3 is 0 Å². The molecule has 1 aromatic rings. The van der Waals surface area contributed by atoms with Crippen LogP contribution in [0, 0.1) is 11.7 Å². The molecule has 0 fully saturated rings. The molecule has 1 rings (SSSR count). The first-order chi connectivity index (χ1) is 9.53. The fourth-order valence-electron chi connectivity index (χ4n) is 2.58. The molecule has 0 amide bonds. The normalized spacial score (nSPS) is 16.1. The lowest BCUT2D eigenvalue weighted by Crippen LogP contribution is -2.42. The van der Waals surface area contributed by atoms with E-state index in [2.05, 4.69) is 32.6 Å². The van der Waals surface area contributed by atoms with Crippen molar-refractivity contribution < 1.29 is 4.39 Å². The van der Waals surface area contributed by atoms with E-state index in [1.165, 1.54) is 12.1 Å². The fraction of sp³-hybridized carbons (Fsp3) is 0.647. The molecule has 20 heavy (non-hydrogen) atoms. The lowest BCUT2D eigenvalue weighted by molar-refractivity contribution is 0.153. The third kappa shape index (κ3) is 4.57. The summed E-state index contributed by atoms with van der Waals surface area (Å²) in [6.45, 7) is 10.7. The maximum Gasteiger partial charge on any atom is 0.123 e. The second-order valence-electron chi connectivity index (χ2n) is 5.67. The molecule has 0 saturated heterocycles. The first-order valence-corrected chi connectivity index (χ1v) is 7.78. The fourth-order valence-corrected chi connectivity index (χ4v) is 2.58. The van der Waals surface area contributed by atoms with E-state index >= 15 is 0 Å². The standard InChI is InChI=1S/C17H29FN2/c1-5-13(4)12-20(7-3)17(16(19)6-2)14-8-10-15(18)11-9-14/h8-11,13,16-17H,5-7,12,19H2,1-4H3. The van der Waals surface area contributed by atoms with Crippen LogP contribution in [0.3, 0.4) is 0 Å². The SMILES string of the molecule is CCC(C)CN(CC)C(c1ccc(F)cc1)C(N)CC. The van der Waals surface area contributed by atoms with E-state index in [4.69, 9.17) is 5.73 Å². The van der Waals surface area contributed by atoms with Crippen molar-refractivity contribution in [1.82, 2.24) is 4.90 Å². The predicted octanol–water partition coefficient (Wildman–Crippen LogP) is 3.97. The Bertz CT molecular complexity index is 377. The van der Waals surface area contributed by atoms with Gasteiger partial charge in [-0.2, -0.15) is 0 Å². The highest BCUT2D eigenvalue weighted by atomic mass is 19.1. The van der Waals surface area contributed by atoms with Gasteiger partial charge < -0.3 is 5.73 Å². The van der Waals surface area contributed by atoms with Crippen molar-refractivity contribution in [3.63, 3.8) is 0 Å². The third-order valence-electron chi connectivity index (χ3n) is 4.13. The van der Waals surface area contributed by atoms with Gasteiger partial charge in [0, 0.05) is 18.6 Å². The molecule has 3 unspecified atom stereocenters. The minimum Gasteiger partial charge on any atom is -0.326 e. The van der Waals surface area contributed by atoms with Crippen molar-refractivity contribution in [2.75, 3.05) is 13.1 Å². The van der Waals surface area contributed by atoms with Crippen LogP contribution in [-0.2, 0) is 0 Å². The van der Waals surface area contributed by atoms with E-state index in [1.54, 1.807) is 0 Å². The van der Waals surface area contributed by atoms with Gasteiger partial charge in [-0.25, -0.2) is 4.39 Å². The van der Waals surface area contributed by atoms with Crippen molar-refractivity contribution in [3.05, 3.63) is 35.6 Å². The van der Waals surface area contributed by atoms with Crippen LogP contribution < -0.4 is 5.73 Å². The maximum absolute atomic E-state index is 13.1. The van der Waals surface area contributed by atoms with Gasteiger partial charge in [0.05, 0.1) is 0 Å². The lowest BCUT2D eigenvalue weighted by Gasteiger charge is -2.36. The summed E-state index contributed by atoms with van der Waals surface area (Å²) in [5.41, 5.74) is 7.46.